The molecule has 5 nitrogen and oxygen atoms in total. The van der Waals surface area contributed by atoms with Gasteiger partial charge in [-0.3, -0.25) is 0 Å². The van der Waals surface area contributed by atoms with Gasteiger partial charge >= 0.3 is 0 Å². The van der Waals surface area contributed by atoms with Crippen LogP contribution in [0.2, 0.25) is 0 Å². The van der Waals surface area contributed by atoms with Crippen molar-refractivity contribution in [2.24, 2.45) is 0 Å². The fourth-order valence-corrected chi connectivity index (χ4v) is 3.26. The second kappa shape index (κ2) is 4.34. The summed E-state index contributed by atoms with van der Waals surface area (Å²) in [7, 11) is 0. The van der Waals surface area contributed by atoms with E-state index in [1.807, 2.05) is 4.52 Å². The van der Waals surface area contributed by atoms with E-state index >= 15 is 0 Å². The minimum Gasteiger partial charge on any atom is -0.317 e. The molecule has 2 aromatic rings. The standard InChI is InChI=1S/C11H17N5S/c1-7(2)9-13-14-11-16(9)15-10(17-11)8-3-5-12-6-4-8/h7-8,12H,3-6H2,1-2H3. The van der Waals surface area contributed by atoms with Crippen LogP contribution in [0.3, 0.4) is 0 Å². The maximum absolute atomic E-state index is 4.70. The van der Waals surface area contributed by atoms with Crippen LogP contribution in [0.15, 0.2) is 0 Å². The Morgan fingerprint density at radius 3 is 2.76 bits per heavy atom. The van der Waals surface area contributed by atoms with Gasteiger partial charge in [0, 0.05) is 11.8 Å². The average Bonchev–Trinajstić information content (AvgIpc) is 2.88. The van der Waals surface area contributed by atoms with E-state index in [0.717, 1.165) is 23.9 Å². The summed E-state index contributed by atoms with van der Waals surface area (Å²) in [6.45, 7) is 6.45. The van der Waals surface area contributed by atoms with Crippen molar-refractivity contribution in [2.75, 3.05) is 13.1 Å². The van der Waals surface area contributed by atoms with Crippen molar-refractivity contribution in [1.29, 1.82) is 0 Å². The van der Waals surface area contributed by atoms with Crippen LogP contribution in [0.4, 0.5) is 0 Å². The van der Waals surface area contributed by atoms with E-state index in [2.05, 4.69) is 29.4 Å². The molecule has 0 radical (unpaired) electrons. The summed E-state index contributed by atoms with van der Waals surface area (Å²) in [5.41, 5.74) is 0. The highest BCUT2D eigenvalue weighted by Gasteiger charge is 2.21. The zero-order chi connectivity index (χ0) is 11.8. The van der Waals surface area contributed by atoms with Crippen LogP contribution in [0.1, 0.15) is 49.4 Å². The van der Waals surface area contributed by atoms with Gasteiger partial charge in [-0.15, -0.1) is 10.2 Å². The van der Waals surface area contributed by atoms with Crippen LogP contribution >= 0.6 is 11.3 Å². The molecule has 1 aliphatic heterocycles. The Balaban J connectivity index is 1.95. The van der Waals surface area contributed by atoms with Crippen LogP contribution in [-0.2, 0) is 0 Å². The van der Waals surface area contributed by atoms with E-state index in [0.29, 0.717) is 11.8 Å². The van der Waals surface area contributed by atoms with Crippen LogP contribution in [0.5, 0.6) is 0 Å². The highest BCUT2D eigenvalue weighted by molar-refractivity contribution is 7.16. The predicted octanol–water partition coefficient (Wildman–Crippen LogP) is 1.78. The monoisotopic (exact) mass is 251 g/mol. The van der Waals surface area contributed by atoms with Crippen molar-refractivity contribution >= 4 is 16.3 Å². The molecule has 0 atom stereocenters. The number of aromatic nitrogens is 4. The van der Waals surface area contributed by atoms with Crippen molar-refractivity contribution in [1.82, 2.24) is 25.1 Å². The Kier molecular flexibility index (Phi) is 2.84. The first-order valence-electron chi connectivity index (χ1n) is 6.18. The molecule has 0 spiro atoms. The molecule has 1 aliphatic rings. The summed E-state index contributed by atoms with van der Waals surface area (Å²) in [4.78, 5) is 0.933. The Hall–Kier alpha value is -1.01. The van der Waals surface area contributed by atoms with Gasteiger partial charge in [-0.2, -0.15) is 9.61 Å². The molecule has 17 heavy (non-hydrogen) atoms. The largest absolute Gasteiger partial charge is 0.317 e. The lowest BCUT2D eigenvalue weighted by molar-refractivity contribution is 0.455. The van der Waals surface area contributed by atoms with Crippen LogP contribution in [0, 0.1) is 0 Å². The average molecular weight is 251 g/mol. The number of nitrogens with one attached hydrogen (secondary N) is 1. The number of hydrogen-bond donors (Lipinski definition) is 1. The highest BCUT2D eigenvalue weighted by atomic mass is 32.1. The topological polar surface area (TPSA) is 55.1 Å². The highest BCUT2D eigenvalue weighted by Crippen LogP contribution is 2.29. The molecule has 1 N–H and O–H groups in total. The smallest absolute Gasteiger partial charge is 0.234 e. The van der Waals surface area contributed by atoms with Crippen molar-refractivity contribution in [3.8, 4) is 0 Å². The summed E-state index contributed by atoms with van der Waals surface area (Å²) in [6, 6.07) is 0. The van der Waals surface area contributed by atoms with E-state index in [9.17, 15) is 0 Å². The first kappa shape index (κ1) is 11.1. The lowest BCUT2D eigenvalue weighted by Gasteiger charge is -2.19. The minimum atomic E-state index is 0.368. The molecule has 0 bridgehead atoms. The van der Waals surface area contributed by atoms with Crippen LogP contribution in [-0.4, -0.2) is 32.9 Å². The molecule has 0 saturated carbocycles. The van der Waals surface area contributed by atoms with Gasteiger partial charge in [-0.1, -0.05) is 25.2 Å². The Morgan fingerprint density at radius 2 is 2.06 bits per heavy atom. The van der Waals surface area contributed by atoms with E-state index < -0.39 is 0 Å². The second-order valence-corrected chi connectivity index (χ2v) is 5.86. The molecule has 3 rings (SSSR count). The van der Waals surface area contributed by atoms with Gasteiger partial charge in [0.2, 0.25) is 4.96 Å². The second-order valence-electron chi connectivity index (χ2n) is 4.87. The molecule has 2 aromatic heterocycles. The van der Waals surface area contributed by atoms with Crippen molar-refractivity contribution < 1.29 is 0 Å². The van der Waals surface area contributed by atoms with Crippen molar-refractivity contribution in [2.45, 2.75) is 38.5 Å². The summed E-state index contributed by atoms with van der Waals surface area (Å²) in [6.07, 6.45) is 2.36. The van der Waals surface area contributed by atoms with Gasteiger partial charge < -0.3 is 5.32 Å². The number of rotatable bonds is 2. The summed E-state index contributed by atoms with van der Waals surface area (Å²) < 4.78 is 1.92. The molecule has 92 valence electrons. The molecule has 1 fully saturated rings. The molecule has 1 saturated heterocycles. The maximum Gasteiger partial charge on any atom is 0.234 e. The molecular formula is C11H17N5S. The molecular weight excluding hydrogens is 234 g/mol. The van der Waals surface area contributed by atoms with Gasteiger partial charge in [-0.05, 0) is 25.9 Å². The molecule has 0 unspecified atom stereocenters. The van der Waals surface area contributed by atoms with E-state index in [-0.39, 0.29) is 0 Å². The Bertz CT molecular complexity index is 509. The van der Waals surface area contributed by atoms with Crippen LogP contribution in [0.25, 0.3) is 4.96 Å². The number of nitrogens with zero attached hydrogens (tertiary/aromatic N) is 4. The first-order valence-corrected chi connectivity index (χ1v) is 7.00. The zero-order valence-electron chi connectivity index (χ0n) is 10.2. The fourth-order valence-electron chi connectivity index (χ4n) is 2.24. The van der Waals surface area contributed by atoms with E-state index in [4.69, 9.17) is 5.10 Å². The molecule has 0 aromatic carbocycles. The lowest BCUT2D eigenvalue weighted by Crippen LogP contribution is -2.26. The lowest BCUT2D eigenvalue weighted by atomic mass is 9.99. The van der Waals surface area contributed by atoms with Gasteiger partial charge in [0.25, 0.3) is 0 Å². The number of piperidine rings is 1. The van der Waals surface area contributed by atoms with Crippen molar-refractivity contribution in [3.63, 3.8) is 0 Å². The van der Waals surface area contributed by atoms with Crippen LogP contribution < -0.4 is 5.32 Å². The van der Waals surface area contributed by atoms with Gasteiger partial charge in [-0.25, -0.2) is 0 Å². The maximum atomic E-state index is 4.70. The number of hydrogen-bond acceptors (Lipinski definition) is 5. The Morgan fingerprint density at radius 1 is 1.29 bits per heavy atom. The SMILES string of the molecule is CC(C)c1nnc2sc(C3CCNCC3)nn12. The quantitative estimate of drug-likeness (QED) is 0.884. The minimum absolute atomic E-state index is 0.368. The molecule has 0 aliphatic carbocycles. The van der Waals surface area contributed by atoms with Gasteiger partial charge in [0.05, 0.1) is 0 Å². The van der Waals surface area contributed by atoms with E-state index in [1.54, 1.807) is 11.3 Å². The van der Waals surface area contributed by atoms with Crippen molar-refractivity contribution in [3.05, 3.63) is 10.8 Å². The first-order chi connectivity index (χ1) is 8.25. The zero-order valence-corrected chi connectivity index (χ0v) is 11.0. The summed E-state index contributed by atoms with van der Waals surface area (Å²) >= 11 is 1.69. The third-order valence-electron chi connectivity index (χ3n) is 3.24. The third kappa shape index (κ3) is 1.95. The van der Waals surface area contributed by atoms with E-state index in [1.165, 1.54) is 17.8 Å². The Labute approximate surface area is 104 Å². The fraction of sp³-hybridized carbons (Fsp3) is 0.727. The third-order valence-corrected chi connectivity index (χ3v) is 4.30. The summed E-state index contributed by atoms with van der Waals surface area (Å²) in [5, 5.41) is 17.7. The molecule has 0 amide bonds. The number of fused-ring (bicyclic) bond motifs is 1. The summed E-state index contributed by atoms with van der Waals surface area (Å²) in [5.74, 6) is 1.94. The molecule has 6 heteroatoms. The molecule has 3 heterocycles. The van der Waals surface area contributed by atoms with Gasteiger partial charge in [0.15, 0.2) is 5.82 Å². The predicted molar refractivity (Wildman–Crippen MR) is 67.6 cm³/mol. The normalized spacial score (nSPS) is 18.3. The van der Waals surface area contributed by atoms with Gasteiger partial charge in [0.1, 0.15) is 5.01 Å².